The summed E-state index contributed by atoms with van der Waals surface area (Å²) in [7, 11) is -3.45. The lowest BCUT2D eigenvalue weighted by molar-refractivity contribution is -0.0238. The van der Waals surface area contributed by atoms with Crippen molar-refractivity contribution in [1.82, 2.24) is 19.5 Å². The van der Waals surface area contributed by atoms with E-state index >= 15 is 0 Å². The van der Waals surface area contributed by atoms with Crippen molar-refractivity contribution in [2.75, 3.05) is 25.8 Å². The molecule has 2 N–H and O–H groups in total. The van der Waals surface area contributed by atoms with Crippen molar-refractivity contribution in [2.45, 2.75) is 52.6 Å². The molecule has 0 amide bonds. The largest absolute Gasteiger partial charge is 0.510 e. The van der Waals surface area contributed by atoms with Crippen LogP contribution in [0.5, 0.6) is 0 Å². The van der Waals surface area contributed by atoms with E-state index in [1.165, 1.54) is 13.0 Å². The second-order valence-electron chi connectivity index (χ2n) is 6.97. The molecule has 2 rings (SSSR count). The van der Waals surface area contributed by atoms with Gasteiger partial charge in [-0.05, 0) is 27.7 Å². The number of carbonyl (C=O) groups is 1. The van der Waals surface area contributed by atoms with Crippen LogP contribution in [0.15, 0.2) is 12.7 Å². The van der Waals surface area contributed by atoms with Crippen molar-refractivity contribution in [3.63, 3.8) is 0 Å². The first-order chi connectivity index (χ1) is 14.1. The Kier molecular flexibility index (Phi) is 8.54. The molecule has 2 aromatic rings. The summed E-state index contributed by atoms with van der Waals surface area (Å²) in [4.78, 5) is 23.6. The molecule has 0 bridgehead atoms. The molecule has 0 saturated heterocycles. The predicted octanol–water partition coefficient (Wildman–Crippen LogP) is 2.58. The molecule has 30 heavy (non-hydrogen) atoms. The van der Waals surface area contributed by atoms with E-state index in [1.54, 1.807) is 27.1 Å². The molecule has 168 valence electrons. The van der Waals surface area contributed by atoms with Crippen molar-refractivity contribution in [3.05, 3.63) is 12.7 Å². The van der Waals surface area contributed by atoms with E-state index < -0.39 is 26.6 Å². The van der Waals surface area contributed by atoms with Gasteiger partial charge in [-0.15, -0.1) is 0 Å². The molecule has 0 spiro atoms. The van der Waals surface area contributed by atoms with Gasteiger partial charge in [0.25, 0.3) is 0 Å². The first-order valence-corrected chi connectivity index (χ1v) is 11.3. The number of ether oxygens (including phenoxy) is 3. The summed E-state index contributed by atoms with van der Waals surface area (Å²) in [6, 6.07) is 0. The Morgan fingerprint density at radius 3 is 2.63 bits per heavy atom. The number of nitrogens with two attached hydrogens (primary N) is 1. The third kappa shape index (κ3) is 7.52. The highest BCUT2D eigenvalue weighted by molar-refractivity contribution is 7.52. The zero-order valence-electron chi connectivity index (χ0n) is 17.7. The van der Waals surface area contributed by atoms with E-state index in [4.69, 9.17) is 24.3 Å². The van der Waals surface area contributed by atoms with Crippen LogP contribution in [0.4, 0.5) is 10.6 Å². The van der Waals surface area contributed by atoms with Crippen molar-refractivity contribution in [3.8, 4) is 0 Å². The van der Waals surface area contributed by atoms with Gasteiger partial charge in [-0.2, -0.15) is 0 Å². The fraction of sp³-hybridized carbons (Fsp3) is 0.647. The van der Waals surface area contributed by atoms with E-state index in [9.17, 15) is 9.36 Å². The number of nitrogens with zero attached hydrogens (tertiary/aromatic N) is 4. The number of hydrogen-bond donors (Lipinski definition) is 1. The van der Waals surface area contributed by atoms with Crippen LogP contribution in [0.25, 0.3) is 11.2 Å². The normalized spacial score (nSPS) is 15.7. The molecule has 0 aliphatic heterocycles. The Morgan fingerprint density at radius 2 is 1.93 bits per heavy atom. The fourth-order valence-corrected chi connectivity index (χ4v) is 3.47. The second-order valence-corrected chi connectivity index (χ2v) is 8.98. The Morgan fingerprint density at radius 1 is 1.20 bits per heavy atom. The minimum atomic E-state index is -3.45. The van der Waals surface area contributed by atoms with Crippen LogP contribution < -0.4 is 5.73 Å². The monoisotopic (exact) mass is 445 g/mol. The molecule has 0 aliphatic rings. The quantitative estimate of drug-likeness (QED) is 0.309. The van der Waals surface area contributed by atoms with Crippen LogP contribution in [0.2, 0.25) is 0 Å². The molecular formula is C17H28N5O7P. The van der Waals surface area contributed by atoms with Gasteiger partial charge in [0.2, 0.25) is 6.79 Å². The molecule has 13 heteroatoms. The average Bonchev–Trinajstić information content (AvgIpc) is 3.03. The highest BCUT2D eigenvalue weighted by Crippen LogP contribution is 2.45. The molecule has 0 aromatic carbocycles. The maximum atomic E-state index is 12.3. The third-order valence-corrected chi connectivity index (χ3v) is 4.98. The van der Waals surface area contributed by atoms with Crippen LogP contribution in [0, 0.1) is 0 Å². The zero-order chi connectivity index (χ0) is 22.3. The van der Waals surface area contributed by atoms with Crippen molar-refractivity contribution in [1.29, 1.82) is 0 Å². The summed E-state index contributed by atoms with van der Waals surface area (Å²) in [5.41, 5.74) is 6.93. The lowest BCUT2D eigenvalue weighted by Gasteiger charge is -2.21. The molecule has 12 nitrogen and oxygen atoms in total. The van der Waals surface area contributed by atoms with Gasteiger partial charge in [0.05, 0.1) is 37.8 Å². The lowest BCUT2D eigenvalue weighted by atomic mass is 10.3. The number of carbonyl (C=O) groups excluding carboxylic acids is 1. The fourth-order valence-electron chi connectivity index (χ4n) is 2.45. The van der Waals surface area contributed by atoms with Gasteiger partial charge in [-0.25, -0.2) is 19.7 Å². The van der Waals surface area contributed by atoms with Crippen LogP contribution in [0.1, 0.15) is 27.7 Å². The topological polar surface area (TPSA) is 150 Å². The third-order valence-electron chi connectivity index (χ3n) is 3.67. The van der Waals surface area contributed by atoms with E-state index in [-0.39, 0.29) is 18.8 Å². The van der Waals surface area contributed by atoms with Gasteiger partial charge >= 0.3 is 13.8 Å². The van der Waals surface area contributed by atoms with Crippen LogP contribution in [0.3, 0.4) is 0 Å². The first kappa shape index (κ1) is 24.0. The maximum Gasteiger partial charge on any atom is 0.510 e. The Hall–Kier alpha value is -2.27. The van der Waals surface area contributed by atoms with Gasteiger partial charge in [0.15, 0.2) is 11.5 Å². The molecule has 2 unspecified atom stereocenters. The van der Waals surface area contributed by atoms with Gasteiger partial charge in [-0.3, -0.25) is 9.09 Å². The second kappa shape index (κ2) is 10.7. The maximum absolute atomic E-state index is 12.3. The summed E-state index contributed by atoms with van der Waals surface area (Å²) in [6.45, 7) is 8.32. The summed E-state index contributed by atoms with van der Waals surface area (Å²) in [5.74, 6) is 0.314. The molecule has 0 aliphatic carbocycles. The van der Waals surface area contributed by atoms with Crippen LogP contribution in [-0.4, -0.2) is 64.1 Å². The molecule has 0 radical (unpaired) electrons. The molecular weight excluding hydrogens is 417 g/mol. The first-order valence-electron chi connectivity index (χ1n) is 9.34. The van der Waals surface area contributed by atoms with E-state index in [1.807, 2.05) is 11.5 Å². The molecule has 0 fully saturated rings. The molecule has 0 saturated carbocycles. The highest BCUT2D eigenvalue weighted by atomic mass is 31.2. The molecule has 3 atom stereocenters. The van der Waals surface area contributed by atoms with Gasteiger partial charge in [0, 0.05) is 6.66 Å². The van der Waals surface area contributed by atoms with Crippen LogP contribution >= 0.6 is 7.60 Å². The standard InChI is InChI=1S/C17H28N5O7P/c1-11(2)28-17(23)26-10-27-30(5,24)29-13(4)7-25-12(3)6-22-9-21-14-15(18)19-8-20-16(14)22/h8-9,11-13H,6-7,10H2,1-5H3,(H2,18,19,20)/t12-,13?,30?/m1/s1. The zero-order valence-corrected chi connectivity index (χ0v) is 18.6. The van der Waals surface area contributed by atoms with E-state index in [0.717, 1.165) is 0 Å². The van der Waals surface area contributed by atoms with Crippen molar-refractivity contribution in [2.24, 2.45) is 0 Å². The summed E-state index contributed by atoms with van der Waals surface area (Å²) < 4.78 is 39.8. The minimum Gasteiger partial charge on any atom is -0.432 e. The molecule has 2 aromatic heterocycles. The summed E-state index contributed by atoms with van der Waals surface area (Å²) >= 11 is 0. The Bertz CT molecular complexity index is 891. The van der Waals surface area contributed by atoms with Gasteiger partial charge in [0.1, 0.15) is 11.8 Å². The highest BCUT2D eigenvalue weighted by Gasteiger charge is 2.23. The SMILES string of the molecule is CC(C)OC(=O)OCOP(C)(=O)OC(C)CO[C@H](C)Cn1cnc2c(N)ncnc21. The smallest absolute Gasteiger partial charge is 0.432 e. The predicted molar refractivity (Wildman–Crippen MR) is 108 cm³/mol. The lowest BCUT2D eigenvalue weighted by Crippen LogP contribution is -2.23. The minimum absolute atomic E-state index is 0.169. The Balaban J connectivity index is 1.74. The number of hydrogen-bond acceptors (Lipinski definition) is 11. The van der Waals surface area contributed by atoms with E-state index in [2.05, 4.69) is 19.7 Å². The van der Waals surface area contributed by atoms with Crippen molar-refractivity contribution < 1.29 is 32.6 Å². The van der Waals surface area contributed by atoms with Crippen LogP contribution in [-0.2, 0) is 34.4 Å². The number of rotatable bonds is 11. The van der Waals surface area contributed by atoms with Gasteiger partial charge < -0.3 is 29.0 Å². The number of nitrogen functional groups attached to an aromatic ring is 1. The van der Waals surface area contributed by atoms with Gasteiger partial charge in [-0.1, -0.05) is 0 Å². The number of imidazole rings is 1. The number of aromatic nitrogens is 4. The number of anilines is 1. The summed E-state index contributed by atoms with van der Waals surface area (Å²) in [6.07, 6.45) is 1.02. The van der Waals surface area contributed by atoms with Crippen molar-refractivity contribution >= 4 is 30.7 Å². The Labute approximate surface area is 174 Å². The average molecular weight is 445 g/mol. The van der Waals surface area contributed by atoms with E-state index in [0.29, 0.717) is 23.5 Å². The summed E-state index contributed by atoms with van der Waals surface area (Å²) in [5, 5.41) is 0. The number of fused-ring (bicyclic) bond motifs is 1. The molecule has 2 heterocycles.